The van der Waals surface area contributed by atoms with Gasteiger partial charge in [0.2, 0.25) is 0 Å². The van der Waals surface area contributed by atoms with Crippen LogP contribution in [-0.4, -0.2) is 67.9 Å². The minimum absolute atomic E-state index is 0. The molecule has 0 saturated carbocycles. The number of ether oxygens (including phenoxy) is 3. The van der Waals surface area contributed by atoms with Crippen LogP contribution in [0, 0.1) is 5.92 Å². The van der Waals surface area contributed by atoms with Gasteiger partial charge < -0.3 is 29.0 Å². The Balaban J connectivity index is 0.00000341. The summed E-state index contributed by atoms with van der Waals surface area (Å²) >= 11 is 0. The van der Waals surface area contributed by atoms with Crippen LogP contribution in [0.15, 0.2) is 41.9 Å². The quantitative estimate of drug-likeness (QED) is 0.238. The lowest BCUT2D eigenvalue weighted by molar-refractivity contribution is 0.188. The van der Waals surface area contributed by atoms with Crippen molar-refractivity contribution < 1.29 is 14.2 Å². The van der Waals surface area contributed by atoms with E-state index in [9.17, 15) is 0 Å². The molecule has 0 radical (unpaired) electrons. The number of aromatic nitrogens is 2. The monoisotopic (exact) mass is 543 g/mol. The maximum atomic E-state index is 5.87. The molecule has 9 heteroatoms. The predicted octanol–water partition coefficient (Wildman–Crippen LogP) is 3.45. The van der Waals surface area contributed by atoms with Crippen molar-refractivity contribution in [3.05, 3.63) is 36.9 Å². The third-order valence-electron chi connectivity index (χ3n) is 5.54. The molecule has 0 aliphatic carbocycles. The normalized spacial score (nSPS) is 18.8. The van der Waals surface area contributed by atoms with E-state index in [2.05, 4.69) is 31.7 Å². The Bertz CT molecular complexity index is 793. The summed E-state index contributed by atoms with van der Waals surface area (Å²) < 4.78 is 18.6. The van der Waals surface area contributed by atoms with E-state index in [1.54, 1.807) is 14.2 Å². The summed E-state index contributed by atoms with van der Waals surface area (Å²) in [6.07, 6.45) is 7.78. The number of imidazole rings is 1. The van der Waals surface area contributed by atoms with Gasteiger partial charge in [-0.2, -0.15) is 0 Å². The van der Waals surface area contributed by atoms with Crippen molar-refractivity contribution in [2.24, 2.45) is 10.9 Å². The molecule has 1 N–H and O–H groups in total. The zero-order valence-corrected chi connectivity index (χ0v) is 21.1. The first-order valence-corrected chi connectivity index (χ1v) is 10.4. The van der Waals surface area contributed by atoms with Crippen LogP contribution in [0.5, 0.6) is 17.2 Å². The zero-order valence-electron chi connectivity index (χ0n) is 18.8. The maximum absolute atomic E-state index is 5.87. The van der Waals surface area contributed by atoms with Gasteiger partial charge in [-0.25, -0.2) is 4.98 Å². The van der Waals surface area contributed by atoms with E-state index in [0.717, 1.165) is 55.7 Å². The highest BCUT2D eigenvalue weighted by Gasteiger charge is 2.28. The summed E-state index contributed by atoms with van der Waals surface area (Å²) in [6, 6.07) is 5.96. The fourth-order valence-corrected chi connectivity index (χ4v) is 3.75. The fraction of sp³-hybridized carbons (Fsp3) is 0.545. The van der Waals surface area contributed by atoms with E-state index in [1.807, 2.05) is 44.0 Å². The van der Waals surface area contributed by atoms with E-state index in [0.29, 0.717) is 18.6 Å². The number of hydrogen-bond donors (Lipinski definition) is 1. The van der Waals surface area contributed by atoms with Gasteiger partial charge in [0, 0.05) is 57.3 Å². The number of hydrogen-bond acceptors (Lipinski definition) is 5. The zero-order chi connectivity index (χ0) is 21.3. The lowest BCUT2D eigenvalue weighted by atomic mass is 9.93. The van der Waals surface area contributed by atoms with Crippen molar-refractivity contribution in [1.29, 1.82) is 0 Å². The van der Waals surface area contributed by atoms with Gasteiger partial charge in [0.25, 0.3) is 0 Å². The molecule has 0 bridgehead atoms. The molecular weight excluding hydrogens is 509 g/mol. The Kier molecular flexibility index (Phi) is 10.2. The molecular formula is C22H34IN5O3. The first-order valence-electron chi connectivity index (χ1n) is 10.4. The smallest absolute Gasteiger partial charge is 0.193 e. The Morgan fingerprint density at radius 1 is 1.19 bits per heavy atom. The van der Waals surface area contributed by atoms with Gasteiger partial charge in [-0.05, 0) is 18.8 Å². The number of aliphatic imine (C=N–C) groups is 1. The molecule has 1 aromatic carbocycles. The second kappa shape index (κ2) is 12.6. The lowest BCUT2D eigenvalue weighted by Gasteiger charge is -2.39. The molecule has 1 aromatic heterocycles. The number of nitrogens with zero attached hydrogens (tertiary/aromatic N) is 4. The number of piperidine rings is 1. The third-order valence-corrected chi connectivity index (χ3v) is 5.54. The molecule has 2 aromatic rings. The van der Waals surface area contributed by atoms with Gasteiger partial charge in [0.05, 0.1) is 33.2 Å². The Labute approximate surface area is 202 Å². The maximum Gasteiger partial charge on any atom is 0.193 e. The second-order valence-electron chi connectivity index (χ2n) is 7.51. The molecule has 8 nitrogen and oxygen atoms in total. The molecule has 2 atom stereocenters. The molecule has 1 fully saturated rings. The molecule has 31 heavy (non-hydrogen) atoms. The summed E-state index contributed by atoms with van der Waals surface area (Å²) in [5.41, 5.74) is 0. The van der Waals surface area contributed by atoms with Gasteiger partial charge >= 0.3 is 0 Å². The highest BCUT2D eigenvalue weighted by Crippen LogP contribution is 2.28. The summed E-state index contributed by atoms with van der Waals surface area (Å²) in [5, 5.41) is 3.47. The Hall–Kier alpha value is -2.17. The molecule has 1 saturated heterocycles. The minimum atomic E-state index is 0. The van der Waals surface area contributed by atoms with Crippen LogP contribution in [0.3, 0.4) is 0 Å². The average molecular weight is 543 g/mol. The lowest BCUT2D eigenvalue weighted by Crippen LogP contribution is -2.49. The minimum Gasteiger partial charge on any atom is -0.496 e. The number of rotatable bonds is 8. The van der Waals surface area contributed by atoms with E-state index in [4.69, 9.17) is 14.2 Å². The highest BCUT2D eigenvalue weighted by molar-refractivity contribution is 14.0. The van der Waals surface area contributed by atoms with Crippen molar-refractivity contribution in [2.75, 3.05) is 47.5 Å². The topological polar surface area (TPSA) is 73.1 Å². The van der Waals surface area contributed by atoms with Crippen molar-refractivity contribution in [3.8, 4) is 17.2 Å². The largest absolute Gasteiger partial charge is 0.496 e. The van der Waals surface area contributed by atoms with Gasteiger partial charge in [-0.1, -0.05) is 6.92 Å². The van der Waals surface area contributed by atoms with Crippen LogP contribution in [0.2, 0.25) is 0 Å². The standard InChI is InChI=1S/C22H33N5O3.HI/c1-17-6-9-26(15-21(17)27-10-8-24-16-27)22(23-2)25-7-5-11-30-20-13-18(28-3)12-19(14-20)29-4;/h8,10,12-14,16-17,21H,5-7,9,11,15H2,1-4H3,(H,23,25);1H. The summed E-state index contributed by atoms with van der Waals surface area (Å²) in [5.74, 6) is 3.73. The van der Waals surface area contributed by atoms with Gasteiger partial charge in [0.15, 0.2) is 5.96 Å². The average Bonchev–Trinajstić information content (AvgIpc) is 3.31. The SMILES string of the molecule is CN=C(NCCCOc1cc(OC)cc(OC)c1)N1CCC(C)C(n2ccnc2)C1.I. The fourth-order valence-electron chi connectivity index (χ4n) is 3.75. The number of likely N-dealkylation sites (tertiary alicyclic amines) is 1. The first kappa shape index (κ1) is 25.1. The van der Waals surface area contributed by atoms with Gasteiger partial charge in [-0.15, -0.1) is 24.0 Å². The van der Waals surface area contributed by atoms with Crippen LogP contribution in [-0.2, 0) is 0 Å². The first-order chi connectivity index (χ1) is 14.6. The summed E-state index contributed by atoms with van der Waals surface area (Å²) in [6.45, 7) is 5.62. The van der Waals surface area contributed by atoms with Crippen molar-refractivity contribution in [1.82, 2.24) is 19.8 Å². The molecule has 1 aliphatic heterocycles. The summed E-state index contributed by atoms with van der Waals surface area (Å²) in [4.78, 5) is 11.0. The molecule has 1 aliphatic rings. The summed E-state index contributed by atoms with van der Waals surface area (Å²) in [7, 11) is 5.10. The van der Waals surface area contributed by atoms with E-state index in [1.165, 1.54) is 0 Å². The number of benzene rings is 1. The van der Waals surface area contributed by atoms with Crippen molar-refractivity contribution in [2.45, 2.75) is 25.8 Å². The number of nitrogens with one attached hydrogen (secondary N) is 1. The van der Waals surface area contributed by atoms with Crippen molar-refractivity contribution >= 4 is 29.9 Å². The molecule has 2 heterocycles. The van der Waals surface area contributed by atoms with Gasteiger partial charge in [0.1, 0.15) is 17.2 Å². The van der Waals surface area contributed by atoms with Crippen LogP contribution < -0.4 is 19.5 Å². The Morgan fingerprint density at radius 3 is 2.52 bits per heavy atom. The molecule has 0 amide bonds. The van der Waals surface area contributed by atoms with E-state index >= 15 is 0 Å². The third kappa shape index (κ3) is 6.91. The van der Waals surface area contributed by atoms with E-state index in [-0.39, 0.29) is 24.0 Å². The number of guanidine groups is 1. The molecule has 0 spiro atoms. The van der Waals surface area contributed by atoms with Gasteiger partial charge in [-0.3, -0.25) is 4.99 Å². The second-order valence-corrected chi connectivity index (χ2v) is 7.51. The Morgan fingerprint density at radius 2 is 1.90 bits per heavy atom. The van der Waals surface area contributed by atoms with Crippen LogP contribution in [0.25, 0.3) is 0 Å². The van der Waals surface area contributed by atoms with Crippen LogP contribution >= 0.6 is 24.0 Å². The molecule has 172 valence electrons. The number of methoxy groups -OCH3 is 2. The highest BCUT2D eigenvalue weighted by atomic mass is 127. The number of halogens is 1. The molecule has 3 rings (SSSR count). The van der Waals surface area contributed by atoms with E-state index < -0.39 is 0 Å². The van der Waals surface area contributed by atoms with Crippen LogP contribution in [0.4, 0.5) is 0 Å². The van der Waals surface area contributed by atoms with Crippen LogP contribution in [0.1, 0.15) is 25.8 Å². The predicted molar refractivity (Wildman–Crippen MR) is 133 cm³/mol. The van der Waals surface area contributed by atoms with Crippen molar-refractivity contribution in [3.63, 3.8) is 0 Å². The molecule has 2 unspecified atom stereocenters.